The molecule has 8 heteroatoms. The Kier molecular flexibility index (Phi) is 4.24. The number of benzene rings is 1. The summed E-state index contributed by atoms with van der Waals surface area (Å²) in [5, 5.41) is 10.1. The van der Waals surface area contributed by atoms with Crippen molar-refractivity contribution in [1.82, 2.24) is 9.55 Å². The molecule has 1 atom stereocenters. The summed E-state index contributed by atoms with van der Waals surface area (Å²) in [6.45, 7) is -0.199. The quantitative estimate of drug-likeness (QED) is 0.697. The van der Waals surface area contributed by atoms with E-state index in [1.165, 1.54) is 6.20 Å². The lowest BCUT2D eigenvalue weighted by Gasteiger charge is -2.14. The predicted octanol–water partition coefficient (Wildman–Crippen LogP) is 4.75. The third kappa shape index (κ3) is 2.55. The molecular formula is C14H10BrF3N2OS. The van der Waals surface area contributed by atoms with Gasteiger partial charge in [-0.3, -0.25) is 0 Å². The van der Waals surface area contributed by atoms with Gasteiger partial charge in [-0.25, -0.2) is 18.2 Å². The number of hydrogen-bond acceptors (Lipinski definition) is 3. The zero-order valence-corrected chi connectivity index (χ0v) is 13.4. The van der Waals surface area contributed by atoms with E-state index >= 15 is 0 Å². The van der Waals surface area contributed by atoms with Crippen molar-refractivity contribution in [3.05, 3.63) is 39.8 Å². The van der Waals surface area contributed by atoms with E-state index in [-0.39, 0.29) is 12.3 Å². The molecule has 3 nitrogen and oxygen atoms in total. The van der Waals surface area contributed by atoms with Crippen molar-refractivity contribution in [2.75, 3.05) is 0 Å². The van der Waals surface area contributed by atoms with E-state index in [1.807, 2.05) is 0 Å². The molecule has 2 aromatic heterocycles. The summed E-state index contributed by atoms with van der Waals surface area (Å²) in [6, 6.07) is 6.62. The molecule has 0 spiro atoms. The second-order valence-electron chi connectivity index (χ2n) is 4.57. The van der Waals surface area contributed by atoms with Crippen molar-refractivity contribution < 1.29 is 18.3 Å². The minimum Gasteiger partial charge on any atom is -0.391 e. The Morgan fingerprint density at radius 3 is 2.73 bits per heavy atom. The van der Waals surface area contributed by atoms with E-state index < -0.39 is 12.7 Å². The maximum absolute atomic E-state index is 14.1. The summed E-state index contributed by atoms with van der Waals surface area (Å²) in [5.74, 6) is 0. The predicted molar refractivity (Wildman–Crippen MR) is 82.8 cm³/mol. The van der Waals surface area contributed by atoms with Crippen LogP contribution < -0.4 is 0 Å². The summed E-state index contributed by atoms with van der Waals surface area (Å²) in [4.78, 5) is 4.68. The number of rotatable bonds is 4. The van der Waals surface area contributed by atoms with Crippen LogP contribution in [0.2, 0.25) is 0 Å². The van der Waals surface area contributed by atoms with Gasteiger partial charge in [-0.1, -0.05) is 22.0 Å². The van der Waals surface area contributed by atoms with Gasteiger partial charge in [-0.2, -0.15) is 0 Å². The fourth-order valence-electron chi connectivity index (χ4n) is 2.26. The first kappa shape index (κ1) is 15.5. The summed E-state index contributed by atoms with van der Waals surface area (Å²) in [5.41, 5.74) is 0.623. The van der Waals surface area contributed by atoms with Crippen molar-refractivity contribution in [3.63, 3.8) is 0 Å². The first-order valence-electron chi connectivity index (χ1n) is 6.30. The van der Waals surface area contributed by atoms with E-state index in [1.54, 1.807) is 24.3 Å². The van der Waals surface area contributed by atoms with Crippen LogP contribution in [-0.2, 0) is 6.61 Å². The van der Waals surface area contributed by atoms with E-state index in [0.29, 0.717) is 25.3 Å². The normalized spacial score (nSPS) is 13.2. The topological polar surface area (TPSA) is 38.1 Å². The number of aliphatic hydroxyl groups is 1. The maximum Gasteiger partial charge on any atom is 0.288 e. The second kappa shape index (κ2) is 6.02. The lowest BCUT2D eigenvalue weighted by atomic mass is 10.2. The van der Waals surface area contributed by atoms with Crippen LogP contribution in [0.25, 0.3) is 21.6 Å². The first-order valence-corrected chi connectivity index (χ1v) is 7.91. The smallest absolute Gasteiger partial charge is 0.288 e. The van der Waals surface area contributed by atoms with E-state index in [0.717, 1.165) is 15.9 Å². The van der Waals surface area contributed by atoms with E-state index in [2.05, 4.69) is 20.9 Å². The van der Waals surface area contributed by atoms with Crippen LogP contribution >= 0.6 is 27.3 Å². The summed E-state index contributed by atoms with van der Waals surface area (Å²) < 4.78 is 41.6. The molecule has 3 rings (SSSR count). The molecule has 0 aliphatic heterocycles. The molecule has 116 valence electrons. The SMILES string of the molecule is OCc1cnc(-c2cc3c(Br)cccc3n2C(F)C(F)F)s1. The molecule has 0 radical (unpaired) electrons. The Hall–Kier alpha value is -1.38. The highest BCUT2D eigenvalue weighted by molar-refractivity contribution is 9.10. The van der Waals surface area contributed by atoms with Gasteiger partial charge in [0, 0.05) is 16.1 Å². The standard InChI is InChI=1S/C14H10BrF3N2OS/c15-9-2-1-3-10-8(9)4-11(20(10)13(18)12(16)17)14-19-5-7(6-21)22-14/h1-5,12-13,21H,6H2. The molecule has 0 aliphatic carbocycles. The fourth-order valence-corrected chi connectivity index (χ4v) is 3.51. The van der Waals surface area contributed by atoms with E-state index in [4.69, 9.17) is 5.11 Å². The van der Waals surface area contributed by atoms with Gasteiger partial charge in [0.1, 0.15) is 5.01 Å². The minimum atomic E-state index is -3.15. The van der Waals surface area contributed by atoms with Crippen LogP contribution in [0.15, 0.2) is 34.9 Å². The molecule has 1 unspecified atom stereocenters. The number of aromatic nitrogens is 2. The van der Waals surface area contributed by atoms with Crippen LogP contribution in [0.3, 0.4) is 0 Å². The maximum atomic E-state index is 14.1. The molecular weight excluding hydrogens is 381 g/mol. The number of fused-ring (bicyclic) bond motifs is 1. The van der Waals surface area contributed by atoms with Crippen LogP contribution in [0.4, 0.5) is 13.2 Å². The molecule has 1 N–H and O–H groups in total. The Labute approximate surface area is 136 Å². The highest BCUT2D eigenvalue weighted by Gasteiger charge is 2.27. The van der Waals surface area contributed by atoms with Gasteiger partial charge in [-0.15, -0.1) is 11.3 Å². The Morgan fingerprint density at radius 1 is 1.32 bits per heavy atom. The fraction of sp³-hybridized carbons (Fsp3) is 0.214. The Morgan fingerprint density at radius 2 is 2.09 bits per heavy atom. The third-order valence-corrected chi connectivity index (χ3v) is 4.91. The van der Waals surface area contributed by atoms with Gasteiger partial charge in [0.25, 0.3) is 6.43 Å². The van der Waals surface area contributed by atoms with Crippen LogP contribution in [-0.4, -0.2) is 21.1 Å². The molecule has 0 bridgehead atoms. The Balaban J connectivity index is 2.28. The van der Waals surface area contributed by atoms with Gasteiger partial charge in [0.05, 0.1) is 22.7 Å². The van der Waals surface area contributed by atoms with Crippen molar-refractivity contribution in [2.24, 2.45) is 0 Å². The van der Waals surface area contributed by atoms with Crippen molar-refractivity contribution in [2.45, 2.75) is 19.3 Å². The van der Waals surface area contributed by atoms with E-state index in [9.17, 15) is 13.2 Å². The zero-order valence-electron chi connectivity index (χ0n) is 11.0. The number of halogens is 4. The van der Waals surface area contributed by atoms with Gasteiger partial charge in [-0.05, 0) is 18.2 Å². The molecule has 1 aromatic carbocycles. The first-order chi connectivity index (χ1) is 10.5. The van der Waals surface area contributed by atoms with Gasteiger partial charge < -0.3 is 9.67 Å². The van der Waals surface area contributed by atoms with Crippen molar-refractivity contribution in [1.29, 1.82) is 0 Å². The average molecular weight is 391 g/mol. The van der Waals surface area contributed by atoms with Gasteiger partial charge in [0.15, 0.2) is 0 Å². The summed E-state index contributed by atoms with van der Waals surface area (Å²) in [6.07, 6.45) is -4.17. The van der Waals surface area contributed by atoms with Gasteiger partial charge >= 0.3 is 0 Å². The number of hydrogen-bond donors (Lipinski definition) is 1. The monoisotopic (exact) mass is 390 g/mol. The minimum absolute atomic E-state index is 0.199. The lowest BCUT2D eigenvalue weighted by molar-refractivity contribution is 0.0115. The molecule has 0 fully saturated rings. The molecule has 0 saturated heterocycles. The number of alkyl halides is 3. The molecule has 0 amide bonds. The third-order valence-electron chi connectivity index (χ3n) is 3.21. The number of nitrogens with zero attached hydrogens (tertiary/aromatic N) is 2. The van der Waals surface area contributed by atoms with Crippen molar-refractivity contribution in [3.8, 4) is 10.7 Å². The average Bonchev–Trinajstić information content (AvgIpc) is 3.11. The van der Waals surface area contributed by atoms with Crippen LogP contribution in [0.5, 0.6) is 0 Å². The molecule has 22 heavy (non-hydrogen) atoms. The highest BCUT2D eigenvalue weighted by Crippen LogP contribution is 2.38. The lowest BCUT2D eigenvalue weighted by Crippen LogP contribution is -2.13. The zero-order chi connectivity index (χ0) is 15.9. The highest BCUT2D eigenvalue weighted by atomic mass is 79.9. The van der Waals surface area contributed by atoms with Crippen LogP contribution in [0.1, 0.15) is 11.2 Å². The molecule has 0 aliphatic rings. The largest absolute Gasteiger partial charge is 0.391 e. The Bertz CT molecular complexity index is 818. The molecule has 3 aromatic rings. The summed E-state index contributed by atoms with van der Waals surface area (Å²) in [7, 11) is 0. The van der Waals surface area contributed by atoms with Gasteiger partial charge in [0.2, 0.25) is 6.30 Å². The van der Waals surface area contributed by atoms with Crippen LogP contribution in [0, 0.1) is 0 Å². The second-order valence-corrected chi connectivity index (χ2v) is 6.54. The number of aliphatic hydroxyl groups excluding tert-OH is 1. The summed E-state index contributed by atoms with van der Waals surface area (Å²) >= 11 is 4.48. The molecule has 0 saturated carbocycles. The molecule has 2 heterocycles. The van der Waals surface area contributed by atoms with Crippen molar-refractivity contribution >= 4 is 38.2 Å². The number of thiazole rings is 1.